The van der Waals surface area contributed by atoms with Crippen molar-refractivity contribution in [2.24, 2.45) is 0 Å². The molecule has 0 saturated carbocycles. The summed E-state index contributed by atoms with van der Waals surface area (Å²) in [6.07, 6.45) is 8.25. The minimum absolute atomic E-state index is 0. The minimum Gasteiger partial charge on any atom is -1.00 e. The van der Waals surface area contributed by atoms with E-state index in [-0.39, 0.29) is 24.8 Å². The van der Waals surface area contributed by atoms with Crippen molar-refractivity contribution in [2.75, 3.05) is 0 Å². The number of fused-ring (bicyclic) bond motifs is 1. The molecule has 2 aliphatic carbocycles. The summed E-state index contributed by atoms with van der Waals surface area (Å²) >= 11 is -0.633. The summed E-state index contributed by atoms with van der Waals surface area (Å²) in [4.78, 5) is 0. The van der Waals surface area contributed by atoms with Gasteiger partial charge >= 0.3 is 145 Å². The zero-order valence-corrected chi connectivity index (χ0v) is 18.7. The molecule has 2 atom stereocenters. The van der Waals surface area contributed by atoms with Gasteiger partial charge in [0.15, 0.2) is 0 Å². The Kier molecular flexibility index (Phi) is 7.03. The minimum atomic E-state index is -0.633. The molecule has 124 valence electrons. The van der Waals surface area contributed by atoms with Gasteiger partial charge in [-0.2, -0.15) is 0 Å². The first-order valence-corrected chi connectivity index (χ1v) is 12.1. The van der Waals surface area contributed by atoms with Gasteiger partial charge in [-0.05, 0) is 0 Å². The Hall–Kier alpha value is -0.257. The first kappa shape index (κ1) is 20.1. The largest absolute Gasteiger partial charge is 1.00 e. The molecule has 0 fully saturated rings. The number of rotatable bonds is 3. The average molecular weight is 455 g/mol. The van der Waals surface area contributed by atoms with Crippen LogP contribution in [0.2, 0.25) is 0 Å². The third-order valence-electron chi connectivity index (χ3n) is 4.84. The molecule has 3 aliphatic rings. The van der Waals surface area contributed by atoms with E-state index in [4.69, 9.17) is 0 Å². The standard InChI is InChI=1S/C12H11NP.C7H9.2ClH.Zr/c1-2-4-11-8-12(7-10(11)3-1)14-6-5-13-9-14;1-6-4-3-5-7(6)2;;;/h1-9,13-14H;4H,3H2,1-2H3;2*1H;/q;;;;+2/p-2. The van der Waals surface area contributed by atoms with Gasteiger partial charge in [0.25, 0.3) is 0 Å². The third kappa shape index (κ3) is 3.63. The molecule has 0 radical (unpaired) electrons. The van der Waals surface area contributed by atoms with Gasteiger partial charge < -0.3 is 24.8 Å². The second-order valence-electron chi connectivity index (χ2n) is 6.10. The van der Waals surface area contributed by atoms with Crippen LogP contribution in [0.15, 0.2) is 62.1 Å². The average Bonchev–Trinajstić information content (AvgIpc) is 3.23. The summed E-state index contributed by atoms with van der Waals surface area (Å²) in [6.45, 7) is 4.60. The van der Waals surface area contributed by atoms with E-state index in [1.54, 1.807) is 19.7 Å². The fraction of sp³-hybridized carbons (Fsp3) is 0.211. The van der Waals surface area contributed by atoms with E-state index in [1.165, 1.54) is 17.6 Å². The molecule has 4 rings (SSSR count). The number of hydrogen-bond donors (Lipinski definition) is 1. The molecule has 1 aromatic carbocycles. The van der Waals surface area contributed by atoms with Crippen LogP contribution in [-0.2, 0) is 23.2 Å². The molecule has 5 heteroatoms. The van der Waals surface area contributed by atoms with Crippen molar-refractivity contribution in [3.05, 3.63) is 73.2 Å². The van der Waals surface area contributed by atoms with E-state index in [0.717, 1.165) is 3.63 Å². The van der Waals surface area contributed by atoms with Crippen molar-refractivity contribution < 1.29 is 48.0 Å². The Balaban J connectivity index is 0.00000104. The van der Waals surface area contributed by atoms with E-state index in [2.05, 4.69) is 73.5 Å². The monoisotopic (exact) mass is 453 g/mol. The molecule has 1 heterocycles. The molecule has 0 aromatic heterocycles. The molecule has 0 saturated heterocycles. The molecular formula is C19H20Cl2NPZr. The van der Waals surface area contributed by atoms with Gasteiger partial charge in [-0.3, -0.25) is 0 Å². The van der Waals surface area contributed by atoms with Crippen LogP contribution in [0.4, 0.5) is 0 Å². The van der Waals surface area contributed by atoms with Gasteiger partial charge in [-0.25, -0.2) is 0 Å². The summed E-state index contributed by atoms with van der Waals surface area (Å²) in [5.74, 6) is 4.72. The van der Waals surface area contributed by atoms with Crippen LogP contribution >= 0.6 is 7.55 Å². The molecule has 0 spiro atoms. The first-order chi connectivity index (χ1) is 10.7. The van der Waals surface area contributed by atoms with E-state index in [9.17, 15) is 0 Å². The smallest absolute Gasteiger partial charge is 1.00 e. The Morgan fingerprint density at radius 3 is 2.62 bits per heavy atom. The predicted molar refractivity (Wildman–Crippen MR) is 94.9 cm³/mol. The summed E-state index contributed by atoms with van der Waals surface area (Å²) in [5, 5.41) is 5.01. The Labute approximate surface area is 169 Å². The van der Waals surface area contributed by atoms with Gasteiger partial charge in [0, 0.05) is 0 Å². The summed E-state index contributed by atoms with van der Waals surface area (Å²) in [7, 11) is -0.629. The zero-order valence-electron chi connectivity index (χ0n) is 13.7. The topological polar surface area (TPSA) is 12.0 Å². The second kappa shape index (κ2) is 8.42. The van der Waals surface area contributed by atoms with Gasteiger partial charge in [-0.1, -0.05) is 0 Å². The first-order valence-electron chi connectivity index (χ1n) is 7.81. The maximum atomic E-state index is 3.30. The normalized spacial score (nSPS) is 23.2. The van der Waals surface area contributed by atoms with Crippen molar-refractivity contribution in [3.8, 4) is 0 Å². The number of benzene rings is 1. The van der Waals surface area contributed by atoms with Gasteiger partial charge in [0.05, 0.1) is 0 Å². The Morgan fingerprint density at radius 1 is 1.17 bits per heavy atom. The molecule has 24 heavy (non-hydrogen) atoms. The van der Waals surface area contributed by atoms with Crippen molar-refractivity contribution >= 4 is 19.5 Å². The van der Waals surface area contributed by atoms with Crippen LogP contribution in [0.1, 0.15) is 35.0 Å². The Morgan fingerprint density at radius 2 is 1.96 bits per heavy atom. The molecule has 1 aromatic rings. The van der Waals surface area contributed by atoms with E-state index >= 15 is 0 Å². The van der Waals surface area contributed by atoms with Gasteiger partial charge in [0.2, 0.25) is 0 Å². The van der Waals surface area contributed by atoms with Crippen LogP contribution in [-0.4, -0.2) is 5.92 Å². The molecule has 1 N–H and O–H groups in total. The molecule has 2 unspecified atom stereocenters. The van der Waals surface area contributed by atoms with Crippen molar-refractivity contribution in [1.29, 1.82) is 0 Å². The van der Waals surface area contributed by atoms with Gasteiger partial charge in [0.1, 0.15) is 0 Å². The van der Waals surface area contributed by atoms with Crippen LogP contribution in [0.25, 0.3) is 6.08 Å². The fourth-order valence-corrected chi connectivity index (χ4v) is 10.9. The maximum Gasteiger partial charge on any atom is -1.00 e. The number of nitrogens with one attached hydrogen (secondary N) is 1. The zero-order chi connectivity index (χ0) is 15.1. The fourth-order valence-electron chi connectivity index (χ4n) is 3.37. The van der Waals surface area contributed by atoms with Crippen molar-refractivity contribution in [1.82, 2.24) is 5.32 Å². The summed E-state index contributed by atoms with van der Waals surface area (Å²) in [5.41, 5.74) is 6.17. The quantitative estimate of drug-likeness (QED) is 0.568. The van der Waals surface area contributed by atoms with E-state index in [1.807, 2.05) is 0 Å². The van der Waals surface area contributed by atoms with E-state index in [0.29, 0.717) is 0 Å². The summed E-state index contributed by atoms with van der Waals surface area (Å²) in [6, 6.07) is 9.05. The van der Waals surface area contributed by atoms with Crippen LogP contribution in [0.3, 0.4) is 0 Å². The van der Waals surface area contributed by atoms with Crippen LogP contribution in [0.5, 0.6) is 0 Å². The summed E-state index contributed by atoms with van der Waals surface area (Å²) < 4.78 is 2.53. The number of hydrogen-bond acceptors (Lipinski definition) is 1. The Bertz CT molecular complexity index is 805. The predicted octanol–water partition coefficient (Wildman–Crippen LogP) is -1.15. The second-order valence-corrected chi connectivity index (χ2v) is 11.8. The third-order valence-corrected chi connectivity index (χ3v) is 12.2. The molecule has 0 bridgehead atoms. The van der Waals surface area contributed by atoms with Crippen molar-refractivity contribution in [2.45, 2.75) is 23.9 Å². The SMILES string of the molecule is CC1=CC[C]([Zr+2][CH]2C([PH]3=CNC=C3)=Cc3ccccc32)=C1C.[Cl-].[Cl-]. The molecule has 0 amide bonds. The number of halogens is 2. The van der Waals surface area contributed by atoms with Crippen molar-refractivity contribution in [3.63, 3.8) is 0 Å². The van der Waals surface area contributed by atoms with Gasteiger partial charge in [-0.15, -0.1) is 0 Å². The van der Waals surface area contributed by atoms with Crippen LogP contribution in [0, 0.1) is 0 Å². The number of allylic oxidation sites excluding steroid dienone is 5. The van der Waals surface area contributed by atoms with Crippen LogP contribution < -0.4 is 30.1 Å². The molecular weight excluding hydrogens is 435 g/mol. The van der Waals surface area contributed by atoms with E-state index < -0.39 is 30.8 Å². The molecule has 1 nitrogen and oxygen atoms in total. The maximum absolute atomic E-state index is 3.30. The molecule has 1 aliphatic heterocycles.